The number of ether oxygens (including phenoxy) is 1. The van der Waals surface area contributed by atoms with Crippen molar-refractivity contribution in [3.63, 3.8) is 0 Å². The van der Waals surface area contributed by atoms with Crippen LogP contribution in [0.3, 0.4) is 0 Å². The Morgan fingerprint density at radius 1 is 1.10 bits per heavy atom. The van der Waals surface area contributed by atoms with Gasteiger partial charge in [0.25, 0.3) is 0 Å². The minimum atomic E-state index is -2.84. The molecule has 0 aromatic heterocycles. The smallest absolute Gasteiger partial charge is 0.387 e. The predicted molar refractivity (Wildman–Crippen MR) is 71.5 cm³/mol. The van der Waals surface area contributed by atoms with Crippen LogP contribution in [0.1, 0.15) is 11.1 Å². The second-order valence-electron chi connectivity index (χ2n) is 4.35. The summed E-state index contributed by atoms with van der Waals surface area (Å²) in [5.41, 5.74) is 2.23. The van der Waals surface area contributed by atoms with Gasteiger partial charge in [-0.15, -0.1) is 0 Å². The molecule has 0 saturated heterocycles. The lowest BCUT2D eigenvalue weighted by Gasteiger charge is -2.09. The van der Waals surface area contributed by atoms with Crippen molar-refractivity contribution in [2.75, 3.05) is 5.32 Å². The predicted octanol–water partition coefficient (Wildman–Crippen LogP) is 4.35. The molecule has 2 rings (SSSR count). The minimum Gasteiger partial charge on any atom is -0.435 e. The summed E-state index contributed by atoms with van der Waals surface area (Å²) in [6, 6.07) is 11.0. The van der Waals surface area contributed by atoms with Crippen LogP contribution >= 0.6 is 0 Å². The fourth-order valence-electron chi connectivity index (χ4n) is 1.79. The molecule has 0 saturated carbocycles. The van der Waals surface area contributed by atoms with Crippen LogP contribution in [0, 0.1) is 12.7 Å². The number of aryl methyl sites for hydroxylation is 1. The summed E-state index contributed by atoms with van der Waals surface area (Å²) in [4.78, 5) is 0. The van der Waals surface area contributed by atoms with Gasteiger partial charge in [0.1, 0.15) is 11.6 Å². The van der Waals surface area contributed by atoms with E-state index in [2.05, 4.69) is 10.1 Å². The van der Waals surface area contributed by atoms with Crippen molar-refractivity contribution in [3.8, 4) is 5.75 Å². The highest BCUT2D eigenvalue weighted by molar-refractivity contribution is 5.47. The van der Waals surface area contributed by atoms with Gasteiger partial charge < -0.3 is 10.1 Å². The molecule has 0 aliphatic carbocycles. The van der Waals surface area contributed by atoms with E-state index in [0.717, 1.165) is 5.56 Å². The maximum atomic E-state index is 13.5. The maximum Gasteiger partial charge on any atom is 0.387 e. The van der Waals surface area contributed by atoms with E-state index in [0.29, 0.717) is 17.8 Å². The standard InChI is InChI=1S/C15H14F3NO/c1-10-2-7-14(16)11(8-10)9-19-12-3-5-13(6-4-12)20-15(17)18/h2-8,15,19H,9H2,1H3. The van der Waals surface area contributed by atoms with Gasteiger partial charge >= 0.3 is 6.61 Å². The summed E-state index contributed by atoms with van der Waals surface area (Å²) in [5, 5.41) is 3.03. The van der Waals surface area contributed by atoms with Crippen molar-refractivity contribution in [1.29, 1.82) is 0 Å². The van der Waals surface area contributed by atoms with Crippen molar-refractivity contribution in [1.82, 2.24) is 0 Å². The number of alkyl halides is 2. The largest absolute Gasteiger partial charge is 0.435 e. The molecule has 2 aromatic carbocycles. The van der Waals surface area contributed by atoms with Gasteiger partial charge in [-0.1, -0.05) is 17.7 Å². The van der Waals surface area contributed by atoms with Gasteiger partial charge in [0.2, 0.25) is 0 Å². The van der Waals surface area contributed by atoms with E-state index in [1.54, 1.807) is 24.3 Å². The van der Waals surface area contributed by atoms with Crippen molar-refractivity contribution >= 4 is 5.69 Å². The Bertz CT molecular complexity index is 570. The van der Waals surface area contributed by atoms with E-state index in [9.17, 15) is 13.2 Å². The molecular weight excluding hydrogens is 267 g/mol. The Balaban J connectivity index is 1.98. The summed E-state index contributed by atoms with van der Waals surface area (Å²) in [6.45, 7) is -0.627. The van der Waals surface area contributed by atoms with E-state index < -0.39 is 6.61 Å². The number of benzene rings is 2. The van der Waals surface area contributed by atoms with Crippen molar-refractivity contribution in [2.24, 2.45) is 0 Å². The Hall–Kier alpha value is -2.17. The molecule has 0 spiro atoms. The Morgan fingerprint density at radius 3 is 2.45 bits per heavy atom. The number of hydrogen-bond acceptors (Lipinski definition) is 2. The lowest BCUT2D eigenvalue weighted by atomic mass is 10.1. The average Bonchev–Trinajstić information content (AvgIpc) is 2.41. The third kappa shape index (κ3) is 3.91. The van der Waals surface area contributed by atoms with E-state index in [1.807, 2.05) is 6.92 Å². The minimum absolute atomic E-state index is 0.0901. The van der Waals surface area contributed by atoms with Crippen molar-refractivity contribution < 1.29 is 17.9 Å². The molecule has 2 aromatic rings. The molecule has 106 valence electrons. The van der Waals surface area contributed by atoms with E-state index in [1.165, 1.54) is 18.2 Å². The molecule has 20 heavy (non-hydrogen) atoms. The number of hydrogen-bond donors (Lipinski definition) is 1. The monoisotopic (exact) mass is 281 g/mol. The maximum absolute atomic E-state index is 13.5. The van der Waals surface area contributed by atoms with Gasteiger partial charge in [0.05, 0.1) is 0 Å². The zero-order valence-electron chi connectivity index (χ0n) is 10.9. The average molecular weight is 281 g/mol. The number of rotatable bonds is 5. The molecule has 0 unspecified atom stereocenters. The first-order valence-corrected chi connectivity index (χ1v) is 6.08. The lowest BCUT2D eigenvalue weighted by Crippen LogP contribution is -2.03. The highest BCUT2D eigenvalue weighted by atomic mass is 19.3. The number of anilines is 1. The molecule has 0 atom stereocenters. The first kappa shape index (κ1) is 14.2. The molecule has 2 nitrogen and oxygen atoms in total. The van der Waals surface area contributed by atoms with Crippen LogP contribution in [0.5, 0.6) is 5.75 Å². The highest BCUT2D eigenvalue weighted by Crippen LogP contribution is 2.19. The van der Waals surface area contributed by atoms with Crippen LogP contribution in [0.25, 0.3) is 0 Å². The number of halogens is 3. The summed E-state index contributed by atoms with van der Waals surface area (Å²) in [7, 11) is 0. The molecule has 0 fully saturated rings. The van der Waals surface area contributed by atoms with Crippen molar-refractivity contribution in [2.45, 2.75) is 20.1 Å². The normalized spacial score (nSPS) is 10.7. The number of nitrogens with one attached hydrogen (secondary N) is 1. The van der Waals surface area contributed by atoms with Crippen LogP contribution in [0.4, 0.5) is 18.9 Å². The molecule has 0 aliphatic heterocycles. The summed E-state index contributed by atoms with van der Waals surface area (Å²) < 4.78 is 41.8. The van der Waals surface area contributed by atoms with Gasteiger partial charge in [-0.25, -0.2) is 4.39 Å². The Labute approximate surface area is 115 Å². The molecule has 0 radical (unpaired) electrons. The van der Waals surface area contributed by atoms with Crippen LogP contribution in [-0.4, -0.2) is 6.61 Å². The molecule has 1 N–H and O–H groups in total. The molecule has 0 amide bonds. The Morgan fingerprint density at radius 2 is 1.80 bits per heavy atom. The molecule has 0 heterocycles. The third-order valence-corrected chi connectivity index (χ3v) is 2.76. The van der Waals surface area contributed by atoms with Gasteiger partial charge in [0, 0.05) is 17.8 Å². The van der Waals surface area contributed by atoms with E-state index in [-0.39, 0.29) is 11.6 Å². The van der Waals surface area contributed by atoms with Gasteiger partial charge in [-0.05, 0) is 37.3 Å². The first-order chi connectivity index (χ1) is 9.54. The summed E-state index contributed by atoms with van der Waals surface area (Å²) in [6.07, 6.45) is 0. The summed E-state index contributed by atoms with van der Waals surface area (Å²) >= 11 is 0. The Kier molecular flexibility index (Phi) is 4.50. The molecule has 0 bridgehead atoms. The zero-order valence-corrected chi connectivity index (χ0v) is 10.9. The highest BCUT2D eigenvalue weighted by Gasteiger charge is 2.05. The second-order valence-corrected chi connectivity index (χ2v) is 4.35. The first-order valence-electron chi connectivity index (χ1n) is 6.08. The second kappa shape index (κ2) is 6.32. The lowest BCUT2D eigenvalue weighted by molar-refractivity contribution is -0.0498. The van der Waals surface area contributed by atoms with E-state index >= 15 is 0 Å². The molecular formula is C15H14F3NO. The van der Waals surface area contributed by atoms with Crippen LogP contribution < -0.4 is 10.1 Å². The van der Waals surface area contributed by atoms with Gasteiger partial charge in [-0.3, -0.25) is 0 Å². The van der Waals surface area contributed by atoms with Crippen LogP contribution in [-0.2, 0) is 6.54 Å². The zero-order chi connectivity index (χ0) is 14.5. The van der Waals surface area contributed by atoms with E-state index in [4.69, 9.17) is 0 Å². The topological polar surface area (TPSA) is 21.3 Å². The third-order valence-electron chi connectivity index (χ3n) is 2.76. The fraction of sp³-hybridized carbons (Fsp3) is 0.200. The fourth-order valence-corrected chi connectivity index (χ4v) is 1.79. The molecule has 0 aliphatic rings. The summed E-state index contributed by atoms with van der Waals surface area (Å²) in [5.74, 6) is -0.187. The van der Waals surface area contributed by atoms with Crippen LogP contribution in [0.15, 0.2) is 42.5 Å². The van der Waals surface area contributed by atoms with Gasteiger partial charge in [0.15, 0.2) is 0 Å². The van der Waals surface area contributed by atoms with Gasteiger partial charge in [-0.2, -0.15) is 8.78 Å². The van der Waals surface area contributed by atoms with Crippen LogP contribution in [0.2, 0.25) is 0 Å². The SMILES string of the molecule is Cc1ccc(F)c(CNc2ccc(OC(F)F)cc2)c1. The molecule has 5 heteroatoms. The van der Waals surface area contributed by atoms with Crippen molar-refractivity contribution in [3.05, 3.63) is 59.4 Å². The quantitative estimate of drug-likeness (QED) is 0.879.